The second-order valence-corrected chi connectivity index (χ2v) is 7.46. The van der Waals surface area contributed by atoms with Gasteiger partial charge in [0.25, 0.3) is 5.69 Å². The number of nitrogens with zero attached hydrogens (tertiary/aromatic N) is 2. The molecule has 162 valence electrons. The molecule has 0 aromatic heterocycles. The van der Waals surface area contributed by atoms with E-state index in [1.54, 1.807) is 36.4 Å². The number of alkyl halides is 3. The fourth-order valence-electron chi connectivity index (χ4n) is 2.74. The van der Waals surface area contributed by atoms with Crippen molar-refractivity contribution >= 4 is 23.4 Å². The van der Waals surface area contributed by atoms with Gasteiger partial charge in [0, 0.05) is 16.5 Å². The number of nitriles is 1. The molecule has 0 N–H and O–H groups in total. The van der Waals surface area contributed by atoms with Gasteiger partial charge in [-0.15, -0.1) is 0 Å². The van der Waals surface area contributed by atoms with Gasteiger partial charge in [-0.2, -0.15) is 18.4 Å². The Bertz CT molecular complexity index is 1220. The Hall–Kier alpha value is -3.84. The first kappa shape index (κ1) is 22.8. The molecule has 0 heterocycles. The summed E-state index contributed by atoms with van der Waals surface area (Å²) in [7, 11) is 0. The molecule has 3 aromatic carbocycles. The van der Waals surface area contributed by atoms with E-state index in [0.717, 1.165) is 23.9 Å². The van der Waals surface area contributed by atoms with E-state index in [9.17, 15) is 28.1 Å². The molecule has 3 rings (SSSR count). The van der Waals surface area contributed by atoms with Crippen molar-refractivity contribution in [2.24, 2.45) is 0 Å². The number of benzene rings is 3. The molecule has 3 aromatic rings. The van der Waals surface area contributed by atoms with Crippen LogP contribution in [-0.2, 0) is 17.5 Å². The van der Waals surface area contributed by atoms with Crippen molar-refractivity contribution in [1.82, 2.24) is 0 Å². The molecule has 0 bridgehead atoms. The molecule has 0 spiro atoms. The predicted octanol–water partition coefficient (Wildman–Crippen LogP) is 5.99. The van der Waals surface area contributed by atoms with Gasteiger partial charge in [0.1, 0.15) is 6.61 Å². The molecular formula is C22H13F3N2O4S. The predicted molar refractivity (Wildman–Crippen MR) is 109 cm³/mol. The van der Waals surface area contributed by atoms with Crippen molar-refractivity contribution < 1.29 is 27.6 Å². The molecule has 0 unspecified atom stereocenters. The fourth-order valence-corrected chi connectivity index (χ4v) is 3.76. The standard InChI is InChI=1S/C22H13F3N2O4S/c23-22(24,25)16-9-10-20(18(11-16)27(29)30)32-19-8-4-3-7-17(19)21(28)31-13-15-6-2-1-5-14(15)12-26/h1-11H,13H2. The molecule has 0 radical (unpaired) electrons. The smallest absolute Gasteiger partial charge is 0.416 e. The SMILES string of the molecule is N#Cc1ccccc1COC(=O)c1ccccc1Sc1ccc(C(F)(F)F)cc1[N+](=O)[O-]. The highest BCUT2D eigenvalue weighted by Gasteiger charge is 2.33. The van der Waals surface area contributed by atoms with Crippen LogP contribution in [0.5, 0.6) is 0 Å². The van der Waals surface area contributed by atoms with Gasteiger partial charge in [-0.1, -0.05) is 42.1 Å². The van der Waals surface area contributed by atoms with Crippen LogP contribution in [-0.4, -0.2) is 10.9 Å². The summed E-state index contributed by atoms with van der Waals surface area (Å²) in [5.74, 6) is -0.740. The van der Waals surface area contributed by atoms with E-state index in [2.05, 4.69) is 0 Å². The summed E-state index contributed by atoms with van der Waals surface area (Å²) in [6.45, 7) is -0.165. The van der Waals surface area contributed by atoms with Crippen LogP contribution in [0.15, 0.2) is 76.5 Å². The summed E-state index contributed by atoms with van der Waals surface area (Å²) in [6, 6.07) is 16.9. The van der Waals surface area contributed by atoms with Crippen molar-refractivity contribution in [3.8, 4) is 6.07 Å². The molecule has 6 nitrogen and oxygen atoms in total. The van der Waals surface area contributed by atoms with Crippen molar-refractivity contribution in [1.29, 1.82) is 5.26 Å². The molecule has 0 saturated carbocycles. The summed E-state index contributed by atoms with van der Waals surface area (Å²) in [4.78, 5) is 23.3. The molecule has 0 aliphatic heterocycles. The lowest BCUT2D eigenvalue weighted by atomic mass is 10.1. The van der Waals surface area contributed by atoms with E-state index in [1.165, 1.54) is 12.1 Å². The lowest BCUT2D eigenvalue weighted by Gasteiger charge is -2.11. The normalized spacial score (nSPS) is 10.9. The zero-order chi connectivity index (χ0) is 23.3. The third kappa shape index (κ3) is 5.25. The van der Waals surface area contributed by atoms with Gasteiger partial charge in [0.15, 0.2) is 0 Å². The summed E-state index contributed by atoms with van der Waals surface area (Å²) >= 11 is 0.784. The van der Waals surface area contributed by atoms with E-state index >= 15 is 0 Å². The average molecular weight is 458 g/mol. The molecule has 10 heteroatoms. The largest absolute Gasteiger partial charge is 0.457 e. The highest BCUT2D eigenvalue weighted by Crippen LogP contribution is 2.40. The fraction of sp³-hybridized carbons (Fsp3) is 0.0909. The summed E-state index contributed by atoms with van der Waals surface area (Å²) < 4.78 is 44.1. The van der Waals surface area contributed by atoms with Gasteiger partial charge in [-0.25, -0.2) is 4.79 Å². The Balaban J connectivity index is 1.86. The topological polar surface area (TPSA) is 93.2 Å². The second kappa shape index (κ2) is 9.53. The minimum atomic E-state index is -4.73. The molecule has 0 amide bonds. The number of carbonyl (C=O) groups is 1. The molecule has 32 heavy (non-hydrogen) atoms. The number of carbonyl (C=O) groups excluding carboxylic acids is 1. The lowest BCUT2D eigenvalue weighted by Crippen LogP contribution is -2.08. The van der Waals surface area contributed by atoms with Crippen LogP contribution < -0.4 is 0 Å². The second-order valence-electron chi connectivity index (χ2n) is 6.38. The number of esters is 1. The first-order chi connectivity index (χ1) is 15.2. The number of hydrogen-bond acceptors (Lipinski definition) is 6. The zero-order valence-corrected chi connectivity index (χ0v) is 16.9. The van der Waals surface area contributed by atoms with E-state index in [1.807, 2.05) is 6.07 Å². The van der Waals surface area contributed by atoms with Crippen molar-refractivity contribution in [3.63, 3.8) is 0 Å². The summed E-state index contributed by atoms with van der Waals surface area (Å²) in [6.07, 6.45) is -4.73. The maximum atomic E-state index is 12.9. The number of rotatable bonds is 6. The Kier molecular flexibility index (Phi) is 6.80. The highest BCUT2D eigenvalue weighted by molar-refractivity contribution is 7.99. The number of halogens is 3. The molecule has 0 saturated heterocycles. The first-order valence-electron chi connectivity index (χ1n) is 8.98. The number of hydrogen-bond donors (Lipinski definition) is 0. The van der Waals surface area contributed by atoms with Crippen LogP contribution in [0.4, 0.5) is 18.9 Å². The Morgan fingerprint density at radius 2 is 1.75 bits per heavy atom. The highest BCUT2D eigenvalue weighted by atomic mass is 32.2. The van der Waals surface area contributed by atoms with Crippen molar-refractivity contribution in [2.45, 2.75) is 22.6 Å². The Labute approximate surface area is 184 Å². The third-order valence-electron chi connectivity index (χ3n) is 4.31. The quantitative estimate of drug-likeness (QED) is 0.256. The number of ether oxygens (including phenoxy) is 1. The molecule has 0 atom stereocenters. The molecule has 0 fully saturated rings. The van der Waals surface area contributed by atoms with E-state index < -0.39 is 28.3 Å². The van der Waals surface area contributed by atoms with E-state index in [-0.39, 0.29) is 22.0 Å². The summed E-state index contributed by atoms with van der Waals surface area (Å²) in [5, 5.41) is 20.5. The van der Waals surface area contributed by atoms with Crippen molar-refractivity contribution in [2.75, 3.05) is 0 Å². The Morgan fingerprint density at radius 3 is 2.44 bits per heavy atom. The molecule has 0 aliphatic rings. The molecular weight excluding hydrogens is 445 g/mol. The monoisotopic (exact) mass is 458 g/mol. The molecule has 0 aliphatic carbocycles. The van der Waals surface area contributed by atoms with E-state index in [0.29, 0.717) is 17.2 Å². The third-order valence-corrected chi connectivity index (χ3v) is 5.45. The number of nitro benzene ring substituents is 1. The van der Waals surface area contributed by atoms with Crippen LogP contribution in [0.3, 0.4) is 0 Å². The van der Waals surface area contributed by atoms with Gasteiger partial charge in [0.2, 0.25) is 0 Å². The lowest BCUT2D eigenvalue weighted by molar-refractivity contribution is -0.388. The van der Waals surface area contributed by atoms with Gasteiger partial charge in [-0.05, 0) is 30.3 Å². The average Bonchev–Trinajstić information content (AvgIpc) is 2.77. The van der Waals surface area contributed by atoms with Gasteiger partial charge in [-0.3, -0.25) is 10.1 Å². The van der Waals surface area contributed by atoms with Crippen LogP contribution in [0.2, 0.25) is 0 Å². The zero-order valence-electron chi connectivity index (χ0n) is 16.1. The van der Waals surface area contributed by atoms with Crippen LogP contribution >= 0.6 is 11.8 Å². The minimum absolute atomic E-state index is 0.0573. The van der Waals surface area contributed by atoms with E-state index in [4.69, 9.17) is 10.00 Å². The van der Waals surface area contributed by atoms with Crippen molar-refractivity contribution in [3.05, 3.63) is 99.1 Å². The van der Waals surface area contributed by atoms with Crippen LogP contribution in [0.1, 0.15) is 27.0 Å². The van der Waals surface area contributed by atoms with Crippen LogP contribution in [0.25, 0.3) is 0 Å². The summed E-state index contributed by atoms with van der Waals surface area (Å²) in [5.41, 5.74) is -0.926. The van der Waals surface area contributed by atoms with Gasteiger partial charge < -0.3 is 4.74 Å². The maximum absolute atomic E-state index is 12.9. The Morgan fingerprint density at radius 1 is 1.06 bits per heavy atom. The van der Waals surface area contributed by atoms with Crippen LogP contribution in [0, 0.1) is 21.4 Å². The maximum Gasteiger partial charge on any atom is 0.416 e. The minimum Gasteiger partial charge on any atom is -0.457 e. The first-order valence-corrected chi connectivity index (χ1v) is 9.80. The number of nitro groups is 1. The van der Waals surface area contributed by atoms with Gasteiger partial charge >= 0.3 is 12.1 Å². The van der Waals surface area contributed by atoms with Gasteiger partial charge in [0.05, 0.1) is 32.6 Å².